The molecule has 0 radical (unpaired) electrons. The molecule has 3 aromatic rings. The highest BCUT2D eigenvalue weighted by molar-refractivity contribution is 9.10. The summed E-state index contributed by atoms with van der Waals surface area (Å²) in [5, 5.41) is 13.3. The number of nitrogen functional groups attached to an aromatic ring is 1. The van der Waals surface area contributed by atoms with Crippen molar-refractivity contribution in [1.82, 2.24) is 14.9 Å². The lowest BCUT2D eigenvalue weighted by Crippen LogP contribution is -2.19. The molecule has 0 fully saturated rings. The average molecular weight is 445 g/mol. The number of anilines is 1. The minimum Gasteiger partial charge on any atom is -0.383 e. The summed E-state index contributed by atoms with van der Waals surface area (Å²) in [5.41, 5.74) is 9.56. The number of benzene rings is 1. The van der Waals surface area contributed by atoms with E-state index in [1.54, 1.807) is 6.07 Å². The van der Waals surface area contributed by atoms with Crippen molar-refractivity contribution in [2.24, 2.45) is 7.05 Å². The van der Waals surface area contributed by atoms with E-state index in [2.05, 4.69) is 38.9 Å². The van der Waals surface area contributed by atoms with Crippen LogP contribution in [-0.2, 0) is 18.4 Å². The number of aromatic nitrogens is 2. The number of nitrogens with one attached hydrogen (secondary N) is 1. The van der Waals surface area contributed by atoms with Gasteiger partial charge in [-0.1, -0.05) is 30.3 Å². The van der Waals surface area contributed by atoms with Crippen LogP contribution in [0, 0.1) is 11.3 Å². The zero-order valence-electron chi connectivity index (χ0n) is 14.4. The smallest absolute Gasteiger partial charge is 0.243 e. The second kappa shape index (κ2) is 7.43. The lowest BCUT2D eigenvalue weighted by Gasteiger charge is -2.10. The molecule has 6 nitrogen and oxygen atoms in total. The van der Waals surface area contributed by atoms with E-state index >= 15 is 0 Å². The molecule has 2 aromatic heterocycles. The molecule has 0 aliphatic carbocycles. The number of rotatable bonds is 4. The largest absolute Gasteiger partial charge is 0.383 e. The van der Waals surface area contributed by atoms with Gasteiger partial charge in [0.15, 0.2) is 0 Å². The third kappa shape index (κ3) is 3.29. The lowest BCUT2D eigenvalue weighted by molar-refractivity contribution is -0.116. The molecule has 2 heterocycles. The zero-order chi connectivity index (χ0) is 19.7. The maximum atomic E-state index is 11.3. The highest BCUT2D eigenvalue weighted by atomic mass is 79.9. The van der Waals surface area contributed by atoms with Crippen molar-refractivity contribution in [1.29, 1.82) is 5.26 Å². The number of carbonyl (C=O) groups excluding carboxylic acids is 1. The van der Waals surface area contributed by atoms with Crippen molar-refractivity contribution in [3.05, 3.63) is 57.7 Å². The zero-order valence-corrected chi connectivity index (χ0v) is 16.7. The number of aryl methyl sites for hydroxylation is 1. The Kier molecular flexibility index (Phi) is 5.22. The summed E-state index contributed by atoms with van der Waals surface area (Å²) in [6, 6.07) is 7.68. The minimum atomic E-state index is -0.251. The SMILES string of the molecule is C=CC(=O)NCc1ccc(-c2c(Br)c3c(N)ncc(C#N)c3n2C)c(Cl)c1. The first-order valence-corrected chi connectivity index (χ1v) is 9.07. The van der Waals surface area contributed by atoms with Gasteiger partial charge in [-0.05, 0) is 33.6 Å². The summed E-state index contributed by atoms with van der Waals surface area (Å²) in [6.45, 7) is 3.77. The maximum Gasteiger partial charge on any atom is 0.243 e. The lowest BCUT2D eigenvalue weighted by atomic mass is 10.1. The number of carbonyl (C=O) groups is 1. The van der Waals surface area contributed by atoms with E-state index in [1.165, 1.54) is 12.3 Å². The van der Waals surface area contributed by atoms with Crippen molar-refractivity contribution in [3.8, 4) is 17.3 Å². The predicted octanol–water partition coefficient (Wildman–Crippen LogP) is 3.91. The Balaban J connectivity index is 2.13. The molecule has 0 atom stereocenters. The molecular formula is C19H15BrClN5O. The van der Waals surface area contributed by atoms with Gasteiger partial charge in [-0.15, -0.1) is 0 Å². The Morgan fingerprint density at radius 3 is 2.93 bits per heavy atom. The molecule has 0 spiro atoms. The third-order valence-corrected chi connectivity index (χ3v) is 5.33. The summed E-state index contributed by atoms with van der Waals surface area (Å²) in [4.78, 5) is 15.4. The number of hydrogen-bond donors (Lipinski definition) is 2. The fourth-order valence-corrected chi connectivity index (χ4v) is 4.12. The highest BCUT2D eigenvalue weighted by Crippen LogP contribution is 2.42. The van der Waals surface area contributed by atoms with Crippen molar-refractivity contribution in [2.45, 2.75) is 6.54 Å². The molecule has 3 N–H and O–H groups in total. The molecule has 8 heteroatoms. The number of fused-ring (bicyclic) bond motifs is 1. The van der Waals surface area contributed by atoms with E-state index in [-0.39, 0.29) is 5.91 Å². The van der Waals surface area contributed by atoms with Crippen LogP contribution in [0.1, 0.15) is 11.1 Å². The molecule has 136 valence electrons. The number of halogens is 2. The van der Waals surface area contributed by atoms with Gasteiger partial charge in [-0.25, -0.2) is 4.98 Å². The van der Waals surface area contributed by atoms with E-state index in [9.17, 15) is 10.1 Å². The van der Waals surface area contributed by atoms with Crippen molar-refractivity contribution >= 4 is 50.2 Å². The molecule has 1 aromatic carbocycles. The fourth-order valence-electron chi connectivity index (χ4n) is 2.96. The third-order valence-electron chi connectivity index (χ3n) is 4.24. The standard InChI is InChI=1S/C19H15BrClN5O/c1-3-14(27)24-8-10-4-5-12(13(21)6-10)18-16(20)15-17(26(18)2)11(7-22)9-25-19(15)23/h3-6,9H,1,8H2,2H3,(H2,23,25)(H,24,27). The molecule has 0 aliphatic heterocycles. The first-order valence-electron chi connectivity index (χ1n) is 7.90. The summed E-state index contributed by atoms with van der Waals surface area (Å²) in [6.07, 6.45) is 2.68. The van der Waals surface area contributed by atoms with Crippen molar-refractivity contribution < 1.29 is 4.79 Å². The summed E-state index contributed by atoms with van der Waals surface area (Å²) in [5.74, 6) is 0.0799. The van der Waals surface area contributed by atoms with E-state index in [0.29, 0.717) is 33.9 Å². The molecule has 0 saturated heterocycles. The van der Waals surface area contributed by atoms with Crippen molar-refractivity contribution in [2.75, 3.05) is 5.73 Å². The number of hydrogen-bond acceptors (Lipinski definition) is 4. The van der Waals surface area contributed by atoms with Crippen molar-refractivity contribution in [3.63, 3.8) is 0 Å². The Hall–Kier alpha value is -2.82. The molecular weight excluding hydrogens is 430 g/mol. The Labute approximate surface area is 169 Å². The molecule has 0 saturated carbocycles. The normalized spacial score (nSPS) is 10.6. The first kappa shape index (κ1) is 19.0. The summed E-state index contributed by atoms with van der Waals surface area (Å²) >= 11 is 10.1. The van der Waals surface area contributed by atoms with Gasteiger partial charge in [0.1, 0.15) is 11.9 Å². The van der Waals surface area contributed by atoms with Crippen LogP contribution in [0.4, 0.5) is 5.82 Å². The van der Waals surface area contributed by atoms with Crippen LogP contribution >= 0.6 is 27.5 Å². The highest BCUT2D eigenvalue weighted by Gasteiger charge is 2.21. The van der Waals surface area contributed by atoms with Crippen LogP contribution in [0.25, 0.3) is 22.2 Å². The quantitative estimate of drug-likeness (QED) is 0.596. The Morgan fingerprint density at radius 2 is 2.30 bits per heavy atom. The van der Waals surface area contributed by atoms with Gasteiger partial charge in [-0.2, -0.15) is 5.26 Å². The van der Waals surface area contributed by atoms with Crippen LogP contribution in [0.5, 0.6) is 0 Å². The number of pyridine rings is 1. The van der Waals surface area contributed by atoms with Crippen LogP contribution in [-0.4, -0.2) is 15.5 Å². The Bertz CT molecular complexity index is 1130. The topological polar surface area (TPSA) is 96.7 Å². The molecule has 27 heavy (non-hydrogen) atoms. The Morgan fingerprint density at radius 1 is 1.56 bits per heavy atom. The maximum absolute atomic E-state index is 11.3. The van der Waals surface area contributed by atoms with E-state index in [0.717, 1.165) is 21.3 Å². The van der Waals surface area contributed by atoms with E-state index < -0.39 is 0 Å². The van der Waals surface area contributed by atoms with Gasteiger partial charge >= 0.3 is 0 Å². The number of nitriles is 1. The van der Waals surface area contributed by atoms with Crippen LogP contribution in [0.2, 0.25) is 5.02 Å². The summed E-state index contributed by atoms with van der Waals surface area (Å²) in [7, 11) is 1.84. The van der Waals surface area contributed by atoms with E-state index in [4.69, 9.17) is 17.3 Å². The molecule has 0 aliphatic rings. The summed E-state index contributed by atoms with van der Waals surface area (Å²) < 4.78 is 2.59. The number of nitrogens with two attached hydrogens (primary N) is 1. The first-order chi connectivity index (χ1) is 12.9. The second-order valence-corrected chi connectivity index (χ2v) is 7.05. The van der Waals surface area contributed by atoms with Gasteiger partial charge in [-0.3, -0.25) is 4.79 Å². The van der Waals surface area contributed by atoms with Crippen LogP contribution in [0.3, 0.4) is 0 Å². The molecule has 0 unspecified atom stereocenters. The van der Waals surface area contributed by atoms with Crippen LogP contribution < -0.4 is 11.1 Å². The molecule has 0 bridgehead atoms. The van der Waals surface area contributed by atoms with Gasteiger partial charge in [0.25, 0.3) is 0 Å². The average Bonchev–Trinajstić information content (AvgIpc) is 2.92. The fraction of sp³-hybridized carbons (Fsp3) is 0.105. The number of nitrogens with zero attached hydrogens (tertiary/aromatic N) is 3. The van der Waals surface area contributed by atoms with Gasteiger partial charge in [0.05, 0.1) is 31.7 Å². The van der Waals surface area contributed by atoms with E-state index in [1.807, 2.05) is 23.7 Å². The number of amides is 1. The monoisotopic (exact) mass is 443 g/mol. The predicted molar refractivity (Wildman–Crippen MR) is 110 cm³/mol. The van der Waals surface area contributed by atoms with Gasteiger partial charge < -0.3 is 15.6 Å². The minimum absolute atomic E-state index is 0.251. The second-order valence-electron chi connectivity index (χ2n) is 5.85. The van der Waals surface area contributed by atoms with Gasteiger partial charge in [0.2, 0.25) is 5.91 Å². The van der Waals surface area contributed by atoms with Crippen LogP contribution in [0.15, 0.2) is 41.5 Å². The molecule has 1 amide bonds. The molecule has 3 rings (SSSR count). The van der Waals surface area contributed by atoms with Gasteiger partial charge in [0, 0.05) is 25.4 Å².